The second kappa shape index (κ2) is 7.14. The summed E-state index contributed by atoms with van der Waals surface area (Å²) in [6, 6.07) is 0.768. The molecule has 0 aliphatic carbocycles. The zero-order chi connectivity index (χ0) is 10.3. The molecule has 0 radical (unpaired) electrons. The Morgan fingerprint density at radius 2 is 1.77 bits per heavy atom. The van der Waals surface area contributed by atoms with Gasteiger partial charge >= 0.3 is 0 Å². The molecular formula is C12H25N. The van der Waals surface area contributed by atoms with Gasteiger partial charge in [-0.25, -0.2) is 0 Å². The highest BCUT2D eigenvalue weighted by molar-refractivity contribution is 4.89. The Morgan fingerprint density at radius 1 is 1.23 bits per heavy atom. The fraction of sp³-hybridized carbons (Fsp3) is 0.833. The minimum Gasteiger partial charge on any atom is -0.300 e. The Kier molecular flexibility index (Phi) is 6.97. The van der Waals surface area contributed by atoms with Gasteiger partial charge in [-0.15, -0.1) is 6.58 Å². The van der Waals surface area contributed by atoms with E-state index >= 15 is 0 Å². The van der Waals surface area contributed by atoms with Gasteiger partial charge in [-0.1, -0.05) is 26.3 Å². The minimum absolute atomic E-state index is 0.768. The van der Waals surface area contributed by atoms with Gasteiger partial charge in [-0.05, 0) is 32.7 Å². The van der Waals surface area contributed by atoms with Crippen molar-refractivity contribution in [1.82, 2.24) is 4.90 Å². The van der Waals surface area contributed by atoms with Gasteiger partial charge in [0.05, 0.1) is 0 Å². The zero-order valence-electron chi connectivity index (χ0n) is 9.77. The maximum absolute atomic E-state index is 3.95. The maximum Gasteiger partial charge on any atom is 0.00900 e. The molecule has 0 fully saturated rings. The van der Waals surface area contributed by atoms with Gasteiger partial charge in [0.1, 0.15) is 0 Å². The number of hydrogen-bond acceptors (Lipinski definition) is 1. The van der Waals surface area contributed by atoms with E-state index in [1.165, 1.54) is 31.5 Å². The first-order valence-electron chi connectivity index (χ1n) is 5.54. The quantitative estimate of drug-likeness (QED) is 0.546. The van der Waals surface area contributed by atoms with Crippen LogP contribution in [0.5, 0.6) is 0 Å². The smallest absolute Gasteiger partial charge is 0.00900 e. The first kappa shape index (κ1) is 12.7. The van der Waals surface area contributed by atoms with Crippen molar-refractivity contribution < 1.29 is 0 Å². The monoisotopic (exact) mass is 183 g/mol. The van der Waals surface area contributed by atoms with E-state index in [0.717, 1.165) is 12.5 Å². The van der Waals surface area contributed by atoms with Gasteiger partial charge in [0, 0.05) is 12.6 Å². The molecule has 0 spiro atoms. The summed E-state index contributed by atoms with van der Waals surface area (Å²) in [5, 5.41) is 0. The van der Waals surface area contributed by atoms with Gasteiger partial charge in [-0.2, -0.15) is 0 Å². The van der Waals surface area contributed by atoms with Crippen LogP contribution in [0.3, 0.4) is 0 Å². The predicted octanol–water partition coefficient (Wildman–Crippen LogP) is 3.46. The van der Waals surface area contributed by atoms with Crippen LogP contribution in [0.1, 0.15) is 47.0 Å². The molecule has 1 nitrogen and oxygen atoms in total. The van der Waals surface area contributed by atoms with E-state index in [0.29, 0.717) is 0 Å². The van der Waals surface area contributed by atoms with Crippen LogP contribution in [0.25, 0.3) is 0 Å². The van der Waals surface area contributed by atoms with Gasteiger partial charge < -0.3 is 4.90 Å². The highest BCUT2D eigenvalue weighted by atomic mass is 15.1. The molecule has 0 aromatic heterocycles. The van der Waals surface area contributed by atoms with E-state index in [-0.39, 0.29) is 0 Å². The van der Waals surface area contributed by atoms with Gasteiger partial charge in [0.2, 0.25) is 0 Å². The van der Waals surface area contributed by atoms with Crippen molar-refractivity contribution in [2.24, 2.45) is 0 Å². The molecule has 0 bridgehead atoms. The molecule has 13 heavy (non-hydrogen) atoms. The van der Waals surface area contributed by atoms with Crippen LogP contribution in [0.4, 0.5) is 0 Å². The van der Waals surface area contributed by atoms with Crippen LogP contribution in [-0.4, -0.2) is 24.0 Å². The fourth-order valence-corrected chi connectivity index (χ4v) is 1.74. The average molecular weight is 183 g/mol. The molecule has 0 N–H and O–H groups in total. The summed E-state index contributed by atoms with van der Waals surface area (Å²) < 4.78 is 0. The van der Waals surface area contributed by atoms with E-state index < -0.39 is 0 Å². The molecule has 0 saturated heterocycles. The van der Waals surface area contributed by atoms with Gasteiger partial charge in [0.25, 0.3) is 0 Å². The third-order valence-electron chi connectivity index (χ3n) is 2.69. The summed E-state index contributed by atoms with van der Waals surface area (Å²) in [5.41, 5.74) is 1.30. The van der Waals surface area contributed by atoms with Crippen molar-refractivity contribution in [3.05, 3.63) is 12.2 Å². The molecule has 78 valence electrons. The summed E-state index contributed by atoms with van der Waals surface area (Å²) in [4.78, 5) is 2.56. The lowest BCUT2D eigenvalue weighted by Crippen LogP contribution is -2.35. The molecule has 0 heterocycles. The Morgan fingerprint density at radius 3 is 2.08 bits per heavy atom. The molecule has 0 saturated carbocycles. The van der Waals surface area contributed by atoms with Crippen molar-refractivity contribution in [2.45, 2.75) is 53.0 Å². The lowest BCUT2D eigenvalue weighted by molar-refractivity contribution is 0.198. The molecule has 0 aliphatic rings. The minimum atomic E-state index is 0.768. The molecule has 0 unspecified atom stereocenters. The largest absolute Gasteiger partial charge is 0.300 e. The van der Waals surface area contributed by atoms with Crippen molar-refractivity contribution in [3.8, 4) is 0 Å². The lowest BCUT2D eigenvalue weighted by Gasteiger charge is -2.29. The Balaban J connectivity index is 3.92. The van der Waals surface area contributed by atoms with Crippen LogP contribution >= 0.6 is 0 Å². The average Bonchev–Trinajstić information content (AvgIpc) is 2.11. The van der Waals surface area contributed by atoms with Crippen molar-refractivity contribution in [3.63, 3.8) is 0 Å². The van der Waals surface area contributed by atoms with Gasteiger partial charge in [-0.3, -0.25) is 0 Å². The summed E-state index contributed by atoms with van der Waals surface area (Å²) in [7, 11) is 0. The SMILES string of the molecule is C=C(C)CCN(CC)C(CC)CC. The summed E-state index contributed by atoms with van der Waals surface area (Å²) in [5.74, 6) is 0. The van der Waals surface area contributed by atoms with Crippen LogP contribution in [-0.2, 0) is 0 Å². The molecule has 0 rings (SSSR count). The van der Waals surface area contributed by atoms with E-state index in [1.807, 2.05) is 0 Å². The zero-order valence-corrected chi connectivity index (χ0v) is 9.77. The third-order valence-corrected chi connectivity index (χ3v) is 2.69. The molecule has 0 aliphatic heterocycles. The van der Waals surface area contributed by atoms with Crippen molar-refractivity contribution >= 4 is 0 Å². The highest BCUT2D eigenvalue weighted by Gasteiger charge is 2.11. The summed E-state index contributed by atoms with van der Waals surface area (Å²) in [6.45, 7) is 15.2. The standard InChI is InChI=1S/C12H25N/c1-6-12(7-2)13(8-3)10-9-11(4)5/h12H,4,6-10H2,1-3,5H3. The normalized spacial score (nSPS) is 11.2. The Hall–Kier alpha value is -0.300. The number of hydrogen-bond donors (Lipinski definition) is 0. The number of rotatable bonds is 7. The maximum atomic E-state index is 3.95. The fourth-order valence-electron chi connectivity index (χ4n) is 1.74. The van der Waals surface area contributed by atoms with E-state index in [9.17, 15) is 0 Å². The van der Waals surface area contributed by atoms with Gasteiger partial charge in [0.15, 0.2) is 0 Å². The van der Waals surface area contributed by atoms with E-state index in [4.69, 9.17) is 0 Å². The highest BCUT2D eigenvalue weighted by Crippen LogP contribution is 2.10. The van der Waals surface area contributed by atoms with Crippen LogP contribution in [0.2, 0.25) is 0 Å². The second-order valence-corrected chi connectivity index (χ2v) is 3.81. The summed E-state index contributed by atoms with van der Waals surface area (Å²) >= 11 is 0. The Bertz CT molecular complexity index is 136. The first-order chi connectivity index (χ1) is 6.15. The molecule has 0 aromatic rings. The molecule has 1 heteroatoms. The van der Waals surface area contributed by atoms with Crippen molar-refractivity contribution in [2.75, 3.05) is 13.1 Å². The molecule has 0 aromatic carbocycles. The van der Waals surface area contributed by atoms with E-state index in [2.05, 4.69) is 39.2 Å². The summed E-state index contributed by atoms with van der Waals surface area (Å²) in [6.07, 6.45) is 3.67. The molecular weight excluding hydrogens is 158 g/mol. The van der Waals surface area contributed by atoms with Crippen LogP contribution in [0, 0.1) is 0 Å². The lowest BCUT2D eigenvalue weighted by atomic mass is 10.1. The van der Waals surface area contributed by atoms with Crippen LogP contribution < -0.4 is 0 Å². The molecule has 0 atom stereocenters. The van der Waals surface area contributed by atoms with E-state index in [1.54, 1.807) is 0 Å². The van der Waals surface area contributed by atoms with Crippen LogP contribution in [0.15, 0.2) is 12.2 Å². The Labute approximate surface area is 83.8 Å². The third kappa shape index (κ3) is 5.09. The predicted molar refractivity (Wildman–Crippen MR) is 61.0 cm³/mol. The van der Waals surface area contributed by atoms with Crippen molar-refractivity contribution in [1.29, 1.82) is 0 Å². The topological polar surface area (TPSA) is 3.24 Å². The number of nitrogens with zero attached hydrogens (tertiary/aromatic N) is 1. The first-order valence-corrected chi connectivity index (χ1v) is 5.54. The molecule has 0 amide bonds. The second-order valence-electron chi connectivity index (χ2n) is 3.81.